The van der Waals surface area contributed by atoms with E-state index in [0.717, 1.165) is 59.7 Å². The third-order valence-corrected chi connectivity index (χ3v) is 6.13. The lowest BCUT2D eigenvalue weighted by atomic mass is 9.88. The first kappa shape index (κ1) is 22.5. The van der Waals surface area contributed by atoms with Crippen molar-refractivity contribution in [2.24, 2.45) is 5.92 Å². The minimum atomic E-state index is -0.996. The van der Waals surface area contributed by atoms with E-state index in [0.29, 0.717) is 6.54 Å². The summed E-state index contributed by atoms with van der Waals surface area (Å²) in [4.78, 5) is 30.4. The van der Waals surface area contributed by atoms with Crippen LogP contribution in [0.1, 0.15) is 43.2 Å². The number of aromatic nitrogens is 1. The largest absolute Gasteiger partial charge is 0.478 e. The average molecular weight is 441 g/mol. The molecule has 1 aromatic heterocycles. The van der Waals surface area contributed by atoms with Gasteiger partial charge in [-0.3, -0.25) is 9.78 Å². The van der Waals surface area contributed by atoms with Crippen molar-refractivity contribution < 1.29 is 14.7 Å². The van der Waals surface area contributed by atoms with E-state index < -0.39 is 5.97 Å². The summed E-state index contributed by atoms with van der Waals surface area (Å²) in [5.74, 6) is -0.815. The third kappa shape index (κ3) is 5.95. The van der Waals surface area contributed by atoms with Crippen LogP contribution in [0, 0.1) is 5.92 Å². The SMILES string of the molecule is O=C(O)C=Cc1cccc(N(Cc2ccc(-c3ccncc3)cc2)C(=O)C2CCCCC2)c1. The lowest BCUT2D eigenvalue weighted by Gasteiger charge is -2.30. The number of carboxylic acids is 1. The van der Waals surface area contributed by atoms with E-state index in [1.807, 2.05) is 41.3 Å². The molecule has 1 aliphatic rings. The van der Waals surface area contributed by atoms with E-state index >= 15 is 0 Å². The number of amides is 1. The van der Waals surface area contributed by atoms with Gasteiger partial charge in [0, 0.05) is 30.1 Å². The topological polar surface area (TPSA) is 70.5 Å². The summed E-state index contributed by atoms with van der Waals surface area (Å²) in [7, 11) is 0. The van der Waals surface area contributed by atoms with Crippen molar-refractivity contribution in [2.75, 3.05) is 4.90 Å². The molecule has 5 heteroatoms. The van der Waals surface area contributed by atoms with E-state index in [2.05, 4.69) is 29.2 Å². The van der Waals surface area contributed by atoms with E-state index in [4.69, 9.17) is 5.11 Å². The fraction of sp³-hybridized carbons (Fsp3) is 0.250. The zero-order chi connectivity index (χ0) is 23.0. The quantitative estimate of drug-likeness (QED) is 0.460. The minimum Gasteiger partial charge on any atom is -0.478 e. The van der Waals surface area contributed by atoms with Gasteiger partial charge < -0.3 is 10.0 Å². The number of nitrogens with zero attached hydrogens (tertiary/aromatic N) is 2. The Morgan fingerprint density at radius 2 is 1.64 bits per heavy atom. The Balaban J connectivity index is 1.61. The number of pyridine rings is 1. The number of hydrogen-bond donors (Lipinski definition) is 1. The van der Waals surface area contributed by atoms with Gasteiger partial charge >= 0.3 is 5.97 Å². The highest BCUT2D eigenvalue weighted by Crippen LogP contribution is 2.30. The van der Waals surface area contributed by atoms with Crippen molar-refractivity contribution in [1.29, 1.82) is 0 Å². The zero-order valence-corrected chi connectivity index (χ0v) is 18.6. The summed E-state index contributed by atoms with van der Waals surface area (Å²) in [6.45, 7) is 0.470. The van der Waals surface area contributed by atoms with Crippen LogP contribution in [0.3, 0.4) is 0 Å². The van der Waals surface area contributed by atoms with E-state index in [-0.39, 0.29) is 11.8 Å². The molecule has 0 aliphatic heterocycles. The summed E-state index contributed by atoms with van der Waals surface area (Å²) in [6.07, 6.45) is 11.4. The first-order valence-electron chi connectivity index (χ1n) is 11.4. The molecule has 0 bridgehead atoms. The maximum absolute atomic E-state index is 13.6. The highest BCUT2D eigenvalue weighted by Gasteiger charge is 2.27. The third-order valence-electron chi connectivity index (χ3n) is 6.13. The van der Waals surface area contributed by atoms with Gasteiger partial charge in [0.1, 0.15) is 0 Å². The van der Waals surface area contributed by atoms with Gasteiger partial charge in [-0.2, -0.15) is 0 Å². The zero-order valence-electron chi connectivity index (χ0n) is 18.6. The number of anilines is 1. The van der Waals surface area contributed by atoms with Crippen molar-refractivity contribution in [3.05, 3.63) is 90.3 Å². The molecule has 0 saturated heterocycles. The van der Waals surface area contributed by atoms with E-state index in [1.165, 1.54) is 6.42 Å². The van der Waals surface area contributed by atoms with E-state index in [9.17, 15) is 9.59 Å². The molecule has 2 aromatic carbocycles. The Morgan fingerprint density at radius 1 is 0.939 bits per heavy atom. The van der Waals surface area contributed by atoms with Crippen LogP contribution in [0.2, 0.25) is 0 Å². The first-order chi connectivity index (χ1) is 16.1. The van der Waals surface area contributed by atoms with Crippen LogP contribution in [0.15, 0.2) is 79.1 Å². The second-order valence-corrected chi connectivity index (χ2v) is 8.46. The number of aliphatic carboxylic acids is 1. The van der Waals surface area contributed by atoms with Crippen LogP contribution in [-0.2, 0) is 16.1 Å². The van der Waals surface area contributed by atoms with Crippen molar-refractivity contribution >= 4 is 23.6 Å². The normalized spacial score (nSPS) is 14.3. The smallest absolute Gasteiger partial charge is 0.328 e. The molecule has 1 fully saturated rings. The lowest BCUT2D eigenvalue weighted by molar-refractivity contribution is -0.131. The van der Waals surface area contributed by atoms with Crippen molar-refractivity contribution in [3.8, 4) is 11.1 Å². The molecule has 1 aliphatic carbocycles. The molecule has 1 N–H and O–H groups in total. The number of carbonyl (C=O) groups is 2. The van der Waals surface area contributed by atoms with Gasteiger partial charge in [0.15, 0.2) is 0 Å². The highest BCUT2D eigenvalue weighted by molar-refractivity contribution is 5.95. The van der Waals surface area contributed by atoms with Gasteiger partial charge in [-0.05, 0) is 65.4 Å². The molecular weight excluding hydrogens is 412 g/mol. The predicted molar refractivity (Wildman–Crippen MR) is 131 cm³/mol. The van der Waals surface area contributed by atoms with E-state index in [1.54, 1.807) is 18.5 Å². The van der Waals surface area contributed by atoms with Crippen LogP contribution in [0.5, 0.6) is 0 Å². The molecule has 3 aromatic rings. The van der Waals surface area contributed by atoms with Crippen molar-refractivity contribution in [2.45, 2.75) is 38.6 Å². The second kappa shape index (κ2) is 10.7. The molecule has 1 heterocycles. The van der Waals surface area contributed by atoms with Crippen molar-refractivity contribution in [1.82, 2.24) is 4.98 Å². The number of hydrogen-bond acceptors (Lipinski definition) is 3. The lowest BCUT2D eigenvalue weighted by Crippen LogP contribution is -2.36. The van der Waals surface area contributed by atoms with Crippen LogP contribution >= 0.6 is 0 Å². The number of benzene rings is 2. The van der Waals surface area contributed by atoms with Gasteiger partial charge in [0.2, 0.25) is 5.91 Å². The molecule has 4 rings (SSSR count). The molecule has 33 heavy (non-hydrogen) atoms. The summed E-state index contributed by atoms with van der Waals surface area (Å²) < 4.78 is 0. The minimum absolute atomic E-state index is 0.0352. The maximum Gasteiger partial charge on any atom is 0.328 e. The van der Waals surface area contributed by atoms with Crippen molar-refractivity contribution in [3.63, 3.8) is 0 Å². The van der Waals surface area contributed by atoms with Gasteiger partial charge in [0.25, 0.3) is 0 Å². The summed E-state index contributed by atoms with van der Waals surface area (Å²) >= 11 is 0. The second-order valence-electron chi connectivity index (χ2n) is 8.46. The van der Waals surface area contributed by atoms with Crippen LogP contribution in [-0.4, -0.2) is 22.0 Å². The molecule has 0 unspecified atom stereocenters. The van der Waals surface area contributed by atoms with Crippen LogP contribution in [0.25, 0.3) is 17.2 Å². The van der Waals surface area contributed by atoms with Gasteiger partial charge in [-0.15, -0.1) is 0 Å². The van der Waals surface area contributed by atoms with Crippen LogP contribution in [0.4, 0.5) is 5.69 Å². The average Bonchev–Trinajstić information content (AvgIpc) is 2.87. The van der Waals surface area contributed by atoms with Gasteiger partial charge in [0.05, 0.1) is 6.54 Å². The van der Waals surface area contributed by atoms with Crippen LogP contribution < -0.4 is 4.90 Å². The maximum atomic E-state index is 13.6. The Kier molecular flexibility index (Phi) is 7.30. The monoisotopic (exact) mass is 440 g/mol. The Morgan fingerprint density at radius 3 is 2.33 bits per heavy atom. The first-order valence-corrected chi connectivity index (χ1v) is 11.4. The van der Waals surface area contributed by atoms with Gasteiger partial charge in [-0.25, -0.2) is 4.79 Å². The Labute approximate surface area is 194 Å². The van der Waals surface area contributed by atoms with Gasteiger partial charge in [-0.1, -0.05) is 55.7 Å². The molecular formula is C28H28N2O3. The number of carbonyl (C=O) groups excluding carboxylic acids is 1. The summed E-state index contributed by atoms with van der Waals surface area (Å²) in [6, 6.07) is 19.7. The summed E-state index contributed by atoms with van der Waals surface area (Å²) in [5.41, 5.74) is 4.79. The highest BCUT2D eigenvalue weighted by atomic mass is 16.4. The fourth-order valence-electron chi connectivity index (χ4n) is 4.36. The standard InChI is InChI=1S/C28H28N2O3/c31-27(32)14-11-21-5-4-8-26(19-21)30(28(33)25-6-2-1-3-7-25)20-22-9-12-23(13-10-22)24-15-17-29-18-16-24/h4-5,8-19,25H,1-3,6-7,20H2,(H,31,32). The Hall–Kier alpha value is -3.73. The molecule has 0 spiro atoms. The molecule has 0 atom stereocenters. The molecule has 1 amide bonds. The fourth-order valence-corrected chi connectivity index (χ4v) is 4.36. The number of carboxylic acid groups (broad SMARTS) is 1. The Bertz CT molecular complexity index is 1120. The number of rotatable bonds is 7. The molecule has 0 radical (unpaired) electrons. The molecule has 168 valence electrons. The predicted octanol–water partition coefficient (Wildman–Crippen LogP) is 5.96. The molecule has 1 saturated carbocycles. The summed E-state index contributed by atoms with van der Waals surface area (Å²) in [5, 5.41) is 8.96. The molecule has 5 nitrogen and oxygen atoms in total.